The maximum Gasteiger partial charge on any atom is 0.308 e. The largest absolute Gasteiger partial charge is 0.481 e. The van der Waals surface area contributed by atoms with Gasteiger partial charge in [0.15, 0.2) is 0 Å². The van der Waals surface area contributed by atoms with E-state index in [1.165, 1.54) is 18.9 Å². The first-order chi connectivity index (χ1) is 15.4. The van der Waals surface area contributed by atoms with Crippen LogP contribution in [0.5, 0.6) is 0 Å². The van der Waals surface area contributed by atoms with Gasteiger partial charge >= 0.3 is 5.97 Å². The van der Waals surface area contributed by atoms with Gasteiger partial charge in [-0.25, -0.2) is 4.39 Å². The third-order valence-electron chi connectivity index (χ3n) is 6.69. The average molecular weight is 550 g/mol. The Morgan fingerprint density at radius 3 is 2.53 bits per heavy atom. The Morgan fingerprint density at radius 1 is 1.12 bits per heavy atom. The molecule has 1 amide bonds. The van der Waals surface area contributed by atoms with Crippen molar-refractivity contribution in [3.05, 3.63) is 62.5 Å². The van der Waals surface area contributed by atoms with Gasteiger partial charge in [-0.15, -0.1) is 0 Å². The number of carbonyl (C=O) groups excluding carboxylic acids is 1. The van der Waals surface area contributed by atoms with Gasteiger partial charge in [0.25, 0.3) is 5.91 Å². The molecule has 170 valence electrons. The molecule has 2 aromatic carbocycles. The van der Waals surface area contributed by atoms with Crippen LogP contribution >= 0.6 is 22.6 Å². The number of likely N-dealkylation sites (tertiary alicyclic amines) is 1. The second-order valence-corrected chi connectivity index (χ2v) is 9.99. The lowest BCUT2D eigenvalue weighted by atomic mass is 9.84. The Kier molecular flexibility index (Phi) is 7.02. The maximum absolute atomic E-state index is 14.6. The summed E-state index contributed by atoms with van der Waals surface area (Å²) < 4.78 is 15.6. The third kappa shape index (κ3) is 4.63. The van der Waals surface area contributed by atoms with Crippen molar-refractivity contribution >= 4 is 40.2 Å². The average Bonchev–Trinajstić information content (AvgIpc) is 3.27. The minimum absolute atomic E-state index is 0.0257. The monoisotopic (exact) mass is 550 g/mol. The summed E-state index contributed by atoms with van der Waals surface area (Å²) >= 11 is 2.27. The fourth-order valence-corrected chi connectivity index (χ4v) is 5.76. The number of halogens is 2. The quantitative estimate of drug-likeness (QED) is 0.464. The van der Waals surface area contributed by atoms with Crippen LogP contribution in [0.4, 0.5) is 10.1 Å². The standard InChI is InChI=1S/C25H28FIN2O3/c1-15-6-4-10-19(26)22(15)24(30)29-13-5-9-18(25(31)32)23(29)16-11-12-21(20(27)14-16)28-17-7-2-3-8-17/h4,6,10-12,14,17-18,23,28H,2-3,5,7-9,13H2,1H3,(H,31,32)/t18-,23-/m0/s1. The van der Waals surface area contributed by atoms with Crippen LogP contribution in [0.3, 0.4) is 0 Å². The number of carboxylic acid groups (broad SMARTS) is 1. The van der Waals surface area contributed by atoms with Gasteiger partial charge in [-0.1, -0.05) is 31.0 Å². The van der Waals surface area contributed by atoms with Gasteiger partial charge in [-0.2, -0.15) is 0 Å². The molecule has 1 aliphatic heterocycles. The van der Waals surface area contributed by atoms with E-state index in [2.05, 4.69) is 27.9 Å². The molecule has 2 fully saturated rings. The number of nitrogens with zero attached hydrogens (tertiary/aromatic N) is 1. The number of hydrogen-bond donors (Lipinski definition) is 2. The van der Waals surface area contributed by atoms with Crippen molar-refractivity contribution in [2.75, 3.05) is 11.9 Å². The minimum Gasteiger partial charge on any atom is -0.481 e. The number of anilines is 1. The number of aliphatic carboxylic acids is 1. The molecule has 0 bridgehead atoms. The van der Waals surface area contributed by atoms with Crippen molar-refractivity contribution in [3.63, 3.8) is 0 Å². The van der Waals surface area contributed by atoms with Gasteiger partial charge in [0.2, 0.25) is 0 Å². The Bertz CT molecular complexity index is 1000. The first kappa shape index (κ1) is 23.0. The molecule has 1 heterocycles. The molecule has 2 aromatic rings. The highest BCUT2D eigenvalue weighted by Crippen LogP contribution is 2.39. The lowest BCUT2D eigenvalue weighted by molar-refractivity contribution is -0.145. The van der Waals surface area contributed by atoms with E-state index < -0.39 is 29.7 Å². The zero-order valence-electron chi connectivity index (χ0n) is 18.1. The topological polar surface area (TPSA) is 69.6 Å². The Hall–Kier alpha value is -2.16. The molecule has 7 heteroatoms. The van der Waals surface area contributed by atoms with Crippen molar-refractivity contribution in [1.82, 2.24) is 4.90 Å². The summed E-state index contributed by atoms with van der Waals surface area (Å²) in [7, 11) is 0. The Labute approximate surface area is 201 Å². The molecule has 2 aliphatic rings. The number of rotatable bonds is 5. The lowest BCUT2D eigenvalue weighted by Gasteiger charge is -2.40. The van der Waals surface area contributed by atoms with Crippen LogP contribution in [-0.2, 0) is 4.79 Å². The molecule has 5 nitrogen and oxygen atoms in total. The van der Waals surface area contributed by atoms with Crippen LogP contribution in [-0.4, -0.2) is 34.5 Å². The van der Waals surface area contributed by atoms with Crippen molar-refractivity contribution in [1.29, 1.82) is 0 Å². The number of benzene rings is 2. The van der Waals surface area contributed by atoms with E-state index in [1.54, 1.807) is 24.0 Å². The zero-order valence-corrected chi connectivity index (χ0v) is 20.3. The van der Waals surface area contributed by atoms with Gasteiger partial charge in [-0.05, 0) is 84.5 Å². The van der Waals surface area contributed by atoms with Crippen molar-refractivity contribution in [2.45, 2.75) is 57.5 Å². The van der Waals surface area contributed by atoms with E-state index in [-0.39, 0.29) is 5.56 Å². The predicted molar refractivity (Wildman–Crippen MR) is 130 cm³/mol. The first-order valence-corrected chi connectivity index (χ1v) is 12.3. The summed E-state index contributed by atoms with van der Waals surface area (Å²) in [5.74, 6) is -2.68. The fourth-order valence-electron chi connectivity index (χ4n) is 5.06. The molecule has 0 spiro atoms. The molecule has 1 saturated heterocycles. The predicted octanol–water partition coefficient (Wildman–Crippen LogP) is 5.77. The maximum atomic E-state index is 14.6. The molecule has 0 unspecified atom stereocenters. The van der Waals surface area contributed by atoms with Crippen molar-refractivity contribution in [2.24, 2.45) is 5.92 Å². The Balaban J connectivity index is 1.69. The highest BCUT2D eigenvalue weighted by molar-refractivity contribution is 14.1. The van der Waals surface area contributed by atoms with Crippen LogP contribution in [0.25, 0.3) is 0 Å². The van der Waals surface area contributed by atoms with E-state index in [0.29, 0.717) is 31.0 Å². The van der Waals surface area contributed by atoms with Crippen LogP contribution in [0.2, 0.25) is 0 Å². The molecule has 4 rings (SSSR count). The van der Waals surface area contributed by atoms with Crippen molar-refractivity contribution < 1.29 is 19.1 Å². The van der Waals surface area contributed by atoms with Crippen LogP contribution < -0.4 is 5.32 Å². The number of aryl methyl sites for hydroxylation is 1. The number of carbonyl (C=O) groups is 2. The molecule has 0 radical (unpaired) electrons. The second-order valence-electron chi connectivity index (χ2n) is 8.83. The number of nitrogens with one attached hydrogen (secondary N) is 1. The Morgan fingerprint density at radius 2 is 1.88 bits per heavy atom. The van der Waals surface area contributed by atoms with Crippen molar-refractivity contribution in [3.8, 4) is 0 Å². The second kappa shape index (κ2) is 9.77. The molecule has 0 aromatic heterocycles. The highest BCUT2D eigenvalue weighted by Gasteiger charge is 2.40. The van der Waals surface area contributed by atoms with Gasteiger partial charge in [0.1, 0.15) is 5.82 Å². The minimum atomic E-state index is -0.930. The summed E-state index contributed by atoms with van der Waals surface area (Å²) in [6, 6.07) is 10.3. The SMILES string of the molecule is Cc1cccc(F)c1C(=O)N1CCC[C@H](C(=O)O)[C@@H]1c1ccc(NC2CCCC2)c(I)c1. The third-order valence-corrected chi connectivity index (χ3v) is 7.59. The lowest BCUT2D eigenvalue weighted by Crippen LogP contribution is -2.45. The summed E-state index contributed by atoms with van der Waals surface area (Å²) in [4.78, 5) is 27.1. The molecule has 32 heavy (non-hydrogen) atoms. The molecule has 2 N–H and O–H groups in total. The number of piperidine rings is 1. The molecule has 2 atom stereocenters. The molecular formula is C25H28FIN2O3. The van der Waals surface area contributed by atoms with Gasteiger partial charge < -0.3 is 15.3 Å². The highest BCUT2D eigenvalue weighted by atomic mass is 127. The van der Waals surface area contributed by atoms with Crippen LogP contribution in [0.1, 0.15) is 66.1 Å². The zero-order chi connectivity index (χ0) is 22.8. The molecule has 1 saturated carbocycles. The van der Waals surface area contributed by atoms with Crippen LogP contribution in [0, 0.1) is 22.2 Å². The molecule has 1 aliphatic carbocycles. The summed E-state index contributed by atoms with van der Waals surface area (Å²) in [6.07, 6.45) is 5.85. The summed E-state index contributed by atoms with van der Waals surface area (Å²) in [6.45, 7) is 2.11. The normalized spacial score (nSPS) is 21.5. The van der Waals surface area contributed by atoms with E-state index in [4.69, 9.17) is 0 Å². The van der Waals surface area contributed by atoms with Crippen LogP contribution in [0.15, 0.2) is 36.4 Å². The number of amides is 1. The van der Waals surface area contributed by atoms with Gasteiger partial charge in [-0.3, -0.25) is 9.59 Å². The summed E-state index contributed by atoms with van der Waals surface area (Å²) in [5, 5.41) is 13.5. The summed E-state index contributed by atoms with van der Waals surface area (Å²) in [5.41, 5.74) is 2.39. The smallest absolute Gasteiger partial charge is 0.308 e. The number of carboxylic acids is 1. The van der Waals surface area contributed by atoms with Gasteiger partial charge in [0.05, 0.1) is 17.5 Å². The van der Waals surface area contributed by atoms with E-state index in [9.17, 15) is 19.1 Å². The number of hydrogen-bond acceptors (Lipinski definition) is 3. The van der Waals surface area contributed by atoms with Gasteiger partial charge in [0, 0.05) is 21.8 Å². The molecular weight excluding hydrogens is 522 g/mol. The fraction of sp³-hybridized carbons (Fsp3) is 0.440. The first-order valence-electron chi connectivity index (χ1n) is 11.2. The van der Waals surface area contributed by atoms with E-state index in [1.807, 2.05) is 18.2 Å². The van der Waals surface area contributed by atoms with E-state index in [0.717, 1.165) is 27.7 Å². The van der Waals surface area contributed by atoms with E-state index >= 15 is 0 Å².